The first-order chi connectivity index (χ1) is 17.7. The SMILES string of the molecule is COCCCN1CCCN(c2nc(C#N)cc(N3CCC4(CCN(C(=O)OC(C)(C)C)C4)CC3)n2)CC1. The van der Waals surface area contributed by atoms with Crippen LogP contribution in [-0.4, -0.2) is 104 Å². The molecule has 0 unspecified atom stereocenters. The van der Waals surface area contributed by atoms with Crippen molar-refractivity contribution >= 4 is 17.9 Å². The zero-order chi connectivity index (χ0) is 26.5. The smallest absolute Gasteiger partial charge is 0.410 e. The zero-order valence-corrected chi connectivity index (χ0v) is 23.0. The molecule has 0 N–H and O–H groups in total. The summed E-state index contributed by atoms with van der Waals surface area (Å²) in [5.41, 5.74) is 0.0754. The van der Waals surface area contributed by atoms with Crippen LogP contribution in [0.4, 0.5) is 16.6 Å². The van der Waals surface area contributed by atoms with E-state index in [1.807, 2.05) is 31.7 Å². The van der Waals surface area contributed by atoms with E-state index in [1.54, 1.807) is 7.11 Å². The van der Waals surface area contributed by atoms with Crippen molar-refractivity contribution in [1.29, 1.82) is 5.26 Å². The molecule has 0 atom stereocenters. The first-order valence-electron chi connectivity index (χ1n) is 13.7. The molecule has 0 aliphatic carbocycles. The van der Waals surface area contributed by atoms with E-state index in [1.165, 1.54) is 0 Å². The molecule has 1 spiro atoms. The molecule has 3 saturated heterocycles. The third kappa shape index (κ3) is 7.23. The zero-order valence-electron chi connectivity index (χ0n) is 23.0. The number of rotatable bonds is 6. The van der Waals surface area contributed by atoms with Crippen LogP contribution in [0.3, 0.4) is 0 Å². The second-order valence-corrected chi connectivity index (χ2v) is 11.7. The van der Waals surface area contributed by atoms with Crippen molar-refractivity contribution in [2.45, 2.75) is 58.5 Å². The molecule has 4 rings (SSSR count). The number of carbonyl (C=O) groups excluding carboxylic acids is 1. The summed E-state index contributed by atoms with van der Waals surface area (Å²) in [6, 6.07) is 4.06. The van der Waals surface area contributed by atoms with Gasteiger partial charge in [0.1, 0.15) is 23.2 Å². The molecule has 10 heteroatoms. The van der Waals surface area contributed by atoms with E-state index in [4.69, 9.17) is 14.5 Å². The van der Waals surface area contributed by atoms with Crippen LogP contribution in [0.5, 0.6) is 0 Å². The molecule has 0 saturated carbocycles. The molecule has 1 aromatic heterocycles. The summed E-state index contributed by atoms with van der Waals surface area (Å²) in [6.45, 7) is 14.5. The largest absolute Gasteiger partial charge is 0.444 e. The quantitative estimate of drug-likeness (QED) is 0.531. The number of amides is 1. The molecular formula is C27H43N7O3. The van der Waals surface area contributed by atoms with Gasteiger partial charge >= 0.3 is 6.09 Å². The van der Waals surface area contributed by atoms with E-state index >= 15 is 0 Å². The normalized spacial score (nSPS) is 20.7. The van der Waals surface area contributed by atoms with E-state index in [-0.39, 0.29) is 11.5 Å². The number of ether oxygens (including phenoxy) is 2. The summed E-state index contributed by atoms with van der Waals surface area (Å²) in [5.74, 6) is 1.49. The molecule has 1 amide bonds. The van der Waals surface area contributed by atoms with Crippen molar-refractivity contribution in [1.82, 2.24) is 19.8 Å². The second-order valence-electron chi connectivity index (χ2n) is 11.7. The molecule has 3 aliphatic heterocycles. The van der Waals surface area contributed by atoms with E-state index in [2.05, 4.69) is 25.8 Å². The molecule has 0 radical (unpaired) electrons. The van der Waals surface area contributed by atoms with Crippen LogP contribution in [0.1, 0.15) is 58.6 Å². The third-order valence-corrected chi connectivity index (χ3v) is 7.75. The Hall–Kier alpha value is -2.64. The lowest BCUT2D eigenvalue weighted by molar-refractivity contribution is 0.0266. The van der Waals surface area contributed by atoms with Crippen molar-refractivity contribution in [2.24, 2.45) is 5.41 Å². The van der Waals surface area contributed by atoms with Crippen molar-refractivity contribution in [3.05, 3.63) is 11.8 Å². The highest BCUT2D eigenvalue weighted by Gasteiger charge is 2.43. The highest BCUT2D eigenvalue weighted by Crippen LogP contribution is 2.41. The minimum absolute atomic E-state index is 0.137. The van der Waals surface area contributed by atoms with E-state index in [0.29, 0.717) is 11.6 Å². The van der Waals surface area contributed by atoms with Gasteiger partial charge in [0.25, 0.3) is 0 Å². The fourth-order valence-corrected chi connectivity index (χ4v) is 5.65. The third-order valence-electron chi connectivity index (χ3n) is 7.75. The van der Waals surface area contributed by atoms with E-state index in [0.717, 1.165) is 103 Å². The van der Waals surface area contributed by atoms with Crippen LogP contribution in [0.2, 0.25) is 0 Å². The molecule has 3 aliphatic rings. The lowest BCUT2D eigenvalue weighted by Crippen LogP contribution is -2.43. The van der Waals surface area contributed by atoms with E-state index < -0.39 is 5.60 Å². The Labute approximate surface area is 221 Å². The van der Waals surface area contributed by atoms with Crippen LogP contribution >= 0.6 is 0 Å². The second kappa shape index (κ2) is 11.8. The number of hydrogen-bond donors (Lipinski definition) is 0. The van der Waals surface area contributed by atoms with Gasteiger partial charge in [-0.3, -0.25) is 0 Å². The van der Waals surface area contributed by atoms with Gasteiger partial charge in [-0.1, -0.05) is 0 Å². The number of anilines is 2. The number of hydrogen-bond acceptors (Lipinski definition) is 9. The number of aromatic nitrogens is 2. The van der Waals surface area contributed by atoms with Gasteiger partial charge in [0.05, 0.1) is 0 Å². The number of nitriles is 1. The maximum absolute atomic E-state index is 12.6. The summed E-state index contributed by atoms with van der Waals surface area (Å²) in [6.07, 6.45) is 4.87. The standard InChI is InChI=1S/C27H43N7O3/c1-26(2,3)37-25(35)34-15-9-27(21-34)7-13-32(14-8-27)23-19-22(20-28)29-24(30-23)33-12-5-10-31(16-17-33)11-6-18-36-4/h19H,5-18,21H2,1-4H3. The highest BCUT2D eigenvalue weighted by molar-refractivity contribution is 5.68. The lowest BCUT2D eigenvalue weighted by atomic mass is 9.78. The van der Waals surface area contributed by atoms with Crippen molar-refractivity contribution < 1.29 is 14.3 Å². The highest BCUT2D eigenvalue weighted by atomic mass is 16.6. The molecule has 0 bridgehead atoms. The van der Waals surface area contributed by atoms with Gasteiger partial charge in [0.2, 0.25) is 5.95 Å². The molecule has 1 aromatic rings. The summed E-state index contributed by atoms with van der Waals surface area (Å²) in [4.78, 5) is 30.9. The predicted octanol–water partition coefficient (Wildman–Crippen LogP) is 3.12. The van der Waals surface area contributed by atoms with Crippen LogP contribution in [0.25, 0.3) is 0 Å². The summed E-state index contributed by atoms with van der Waals surface area (Å²) in [7, 11) is 1.75. The van der Waals surface area contributed by atoms with Gasteiger partial charge in [-0.05, 0) is 64.8 Å². The Kier molecular flexibility index (Phi) is 8.75. The number of likely N-dealkylation sites (tertiary alicyclic amines) is 1. The number of carbonyl (C=O) groups is 1. The fraction of sp³-hybridized carbons (Fsp3) is 0.778. The Bertz CT molecular complexity index is 966. The van der Waals surface area contributed by atoms with Gasteiger partial charge in [0, 0.05) is 72.1 Å². The van der Waals surface area contributed by atoms with Gasteiger partial charge in [-0.25, -0.2) is 9.78 Å². The molecule has 4 heterocycles. The molecular weight excluding hydrogens is 470 g/mol. The van der Waals surface area contributed by atoms with Gasteiger partial charge in [0.15, 0.2) is 0 Å². The topological polar surface area (TPSA) is 98.1 Å². The number of nitrogens with zero attached hydrogens (tertiary/aromatic N) is 7. The molecule has 3 fully saturated rings. The molecule has 0 aromatic carbocycles. The fourth-order valence-electron chi connectivity index (χ4n) is 5.65. The van der Waals surface area contributed by atoms with Crippen LogP contribution in [-0.2, 0) is 9.47 Å². The van der Waals surface area contributed by atoms with E-state index in [9.17, 15) is 10.1 Å². The first kappa shape index (κ1) is 27.4. The monoisotopic (exact) mass is 513 g/mol. The Balaban J connectivity index is 1.37. The summed E-state index contributed by atoms with van der Waals surface area (Å²) in [5, 5.41) is 9.68. The van der Waals surface area contributed by atoms with Crippen LogP contribution in [0, 0.1) is 16.7 Å². The lowest BCUT2D eigenvalue weighted by Gasteiger charge is -2.40. The Morgan fingerprint density at radius 2 is 1.81 bits per heavy atom. The number of piperidine rings is 1. The summed E-state index contributed by atoms with van der Waals surface area (Å²) < 4.78 is 10.8. The predicted molar refractivity (Wildman–Crippen MR) is 143 cm³/mol. The van der Waals surface area contributed by atoms with Gasteiger partial charge < -0.3 is 29.1 Å². The maximum Gasteiger partial charge on any atom is 0.410 e. The summed E-state index contributed by atoms with van der Waals surface area (Å²) >= 11 is 0. The minimum atomic E-state index is -0.477. The van der Waals surface area contributed by atoms with Crippen molar-refractivity contribution in [2.75, 3.05) is 82.4 Å². The average Bonchev–Trinajstić information content (AvgIpc) is 3.13. The van der Waals surface area contributed by atoms with Crippen LogP contribution < -0.4 is 9.80 Å². The molecule has 10 nitrogen and oxygen atoms in total. The van der Waals surface area contributed by atoms with Gasteiger partial charge in [-0.15, -0.1) is 0 Å². The average molecular weight is 514 g/mol. The number of methoxy groups -OCH3 is 1. The molecule has 204 valence electrons. The van der Waals surface area contributed by atoms with Crippen LogP contribution in [0.15, 0.2) is 6.07 Å². The minimum Gasteiger partial charge on any atom is -0.444 e. The Morgan fingerprint density at radius 3 is 2.51 bits per heavy atom. The van der Waals surface area contributed by atoms with Gasteiger partial charge in [-0.2, -0.15) is 10.2 Å². The van der Waals surface area contributed by atoms with Crippen molar-refractivity contribution in [3.8, 4) is 6.07 Å². The first-order valence-corrected chi connectivity index (χ1v) is 13.7. The maximum atomic E-state index is 12.6. The van der Waals surface area contributed by atoms with Crippen molar-refractivity contribution in [3.63, 3.8) is 0 Å². The molecule has 37 heavy (non-hydrogen) atoms. The Morgan fingerprint density at radius 1 is 1.05 bits per heavy atom.